The van der Waals surface area contributed by atoms with Crippen molar-refractivity contribution in [3.63, 3.8) is 0 Å². The summed E-state index contributed by atoms with van der Waals surface area (Å²) in [5.41, 5.74) is 0.669. The smallest absolute Gasteiger partial charge is 0.146 e. The highest BCUT2D eigenvalue weighted by Gasteiger charge is 2.19. The Kier molecular flexibility index (Phi) is 4.10. The fraction of sp³-hybridized carbons (Fsp3) is 0.267. The molecule has 3 aromatic rings. The van der Waals surface area contributed by atoms with Gasteiger partial charge < -0.3 is 5.32 Å². The van der Waals surface area contributed by atoms with Crippen LogP contribution in [0.5, 0.6) is 0 Å². The molecule has 0 aliphatic carbocycles. The van der Waals surface area contributed by atoms with Gasteiger partial charge in [0.25, 0.3) is 0 Å². The molecule has 0 aliphatic rings. The van der Waals surface area contributed by atoms with Crippen molar-refractivity contribution in [3.05, 3.63) is 52.2 Å². The van der Waals surface area contributed by atoms with Crippen molar-refractivity contribution in [3.8, 4) is 0 Å². The highest BCUT2D eigenvalue weighted by atomic mass is 32.1. The molecule has 3 aromatic heterocycles. The molecule has 0 amide bonds. The van der Waals surface area contributed by atoms with Gasteiger partial charge in [-0.2, -0.15) is 0 Å². The molecule has 3 heterocycles. The Hall–Kier alpha value is -1.30. The normalized spacial score (nSPS) is 12.9. The SMILES string of the molecule is CCCNC(c1cc2sccc2s1)c1ccncc1F. The number of fused-ring (bicyclic) bond motifs is 1. The zero-order valence-corrected chi connectivity index (χ0v) is 12.7. The van der Waals surface area contributed by atoms with Crippen molar-refractivity contribution in [2.24, 2.45) is 0 Å². The maximum Gasteiger partial charge on any atom is 0.146 e. The lowest BCUT2D eigenvalue weighted by Crippen LogP contribution is -2.23. The molecule has 1 N–H and O–H groups in total. The molecule has 0 saturated carbocycles. The van der Waals surface area contributed by atoms with Crippen LogP contribution in [-0.4, -0.2) is 11.5 Å². The standard InChI is InChI=1S/C15H15FN2S2/c1-2-5-18-15(10-3-6-17-9-11(10)16)14-8-13-12(20-14)4-7-19-13/h3-4,6-9,15,18H,2,5H2,1H3. The summed E-state index contributed by atoms with van der Waals surface area (Å²) in [5.74, 6) is -0.252. The predicted octanol–water partition coefficient (Wildman–Crippen LogP) is 4.59. The quantitative estimate of drug-likeness (QED) is 0.746. The Balaban J connectivity index is 2.01. The van der Waals surface area contributed by atoms with E-state index < -0.39 is 0 Å². The lowest BCUT2D eigenvalue weighted by atomic mass is 10.1. The van der Waals surface area contributed by atoms with Gasteiger partial charge in [-0.05, 0) is 36.5 Å². The Labute approximate surface area is 125 Å². The molecule has 104 valence electrons. The molecule has 0 fully saturated rings. The molecule has 0 aliphatic heterocycles. The number of halogens is 1. The van der Waals surface area contributed by atoms with Crippen molar-refractivity contribution in [2.45, 2.75) is 19.4 Å². The first kappa shape index (κ1) is 13.7. The minimum absolute atomic E-state index is 0.0949. The molecular weight excluding hydrogens is 291 g/mol. The molecule has 0 aromatic carbocycles. The Morgan fingerprint density at radius 2 is 2.25 bits per heavy atom. The van der Waals surface area contributed by atoms with Crippen LogP contribution in [0.3, 0.4) is 0 Å². The van der Waals surface area contributed by atoms with Gasteiger partial charge >= 0.3 is 0 Å². The van der Waals surface area contributed by atoms with Gasteiger partial charge in [0.2, 0.25) is 0 Å². The summed E-state index contributed by atoms with van der Waals surface area (Å²) in [6, 6.07) is 5.95. The van der Waals surface area contributed by atoms with Crippen molar-refractivity contribution in [1.29, 1.82) is 0 Å². The fourth-order valence-electron chi connectivity index (χ4n) is 2.20. The van der Waals surface area contributed by atoms with Crippen LogP contribution >= 0.6 is 22.7 Å². The minimum Gasteiger partial charge on any atom is -0.306 e. The van der Waals surface area contributed by atoms with Gasteiger partial charge in [-0.1, -0.05) is 6.92 Å². The Morgan fingerprint density at radius 3 is 3.00 bits per heavy atom. The topological polar surface area (TPSA) is 24.9 Å². The van der Waals surface area contributed by atoms with Crippen LogP contribution in [0.1, 0.15) is 29.8 Å². The monoisotopic (exact) mass is 306 g/mol. The summed E-state index contributed by atoms with van der Waals surface area (Å²) in [5, 5.41) is 5.53. The van der Waals surface area contributed by atoms with E-state index in [2.05, 4.69) is 34.7 Å². The Morgan fingerprint density at radius 1 is 1.35 bits per heavy atom. The molecule has 20 heavy (non-hydrogen) atoms. The molecule has 1 atom stereocenters. The number of hydrogen-bond donors (Lipinski definition) is 1. The molecule has 3 rings (SSSR count). The average Bonchev–Trinajstić information content (AvgIpc) is 3.02. The van der Waals surface area contributed by atoms with Crippen LogP contribution in [0.25, 0.3) is 9.40 Å². The van der Waals surface area contributed by atoms with E-state index in [4.69, 9.17) is 0 Å². The lowest BCUT2D eigenvalue weighted by Gasteiger charge is -2.18. The first-order chi connectivity index (χ1) is 9.79. The fourth-order valence-corrected chi connectivity index (χ4v) is 4.41. The van der Waals surface area contributed by atoms with Gasteiger partial charge in [-0.15, -0.1) is 22.7 Å². The number of aromatic nitrogens is 1. The van der Waals surface area contributed by atoms with Gasteiger partial charge in [-0.25, -0.2) is 4.39 Å². The number of pyridine rings is 1. The van der Waals surface area contributed by atoms with E-state index in [0.717, 1.165) is 17.8 Å². The highest BCUT2D eigenvalue weighted by molar-refractivity contribution is 7.27. The average molecular weight is 306 g/mol. The zero-order valence-electron chi connectivity index (χ0n) is 11.1. The first-order valence-electron chi connectivity index (χ1n) is 6.59. The minimum atomic E-state index is -0.252. The summed E-state index contributed by atoms with van der Waals surface area (Å²) in [7, 11) is 0. The highest BCUT2D eigenvalue weighted by Crippen LogP contribution is 2.36. The molecule has 0 radical (unpaired) electrons. The van der Waals surface area contributed by atoms with E-state index in [-0.39, 0.29) is 11.9 Å². The van der Waals surface area contributed by atoms with E-state index in [0.29, 0.717) is 5.56 Å². The van der Waals surface area contributed by atoms with E-state index >= 15 is 0 Å². The largest absolute Gasteiger partial charge is 0.306 e. The third-order valence-electron chi connectivity index (χ3n) is 3.16. The van der Waals surface area contributed by atoms with Crippen molar-refractivity contribution < 1.29 is 4.39 Å². The van der Waals surface area contributed by atoms with E-state index in [1.807, 2.05) is 0 Å². The van der Waals surface area contributed by atoms with Crippen molar-refractivity contribution in [2.75, 3.05) is 6.54 Å². The molecule has 1 unspecified atom stereocenters. The number of nitrogens with one attached hydrogen (secondary N) is 1. The molecule has 5 heteroatoms. The Bertz CT molecular complexity index is 676. The van der Waals surface area contributed by atoms with Gasteiger partial charge in [0.1, 0.15) is 5.82 Å². The molecular formula is C15H15FN2S2. The summed E-state index contributed by atoms with van der Waals surface area (Å²) >= 11 is 3.45. The van der Waals surface area contributed by atoms with Crippen LogP contribution in [0.2, 0.25) is 0 Å². The van der Waals surface area contributed by atoms with Gasteiger partial charge in [0.05, 0.1) is 12.2 Å². The van der Waals surface area contributed by atoms with Crippen LogP contribution < -0.4 is 5.32 Å². The number of rotatable bonds is 5. The summed E-state index contributed by atoms with van der Waals surface area (Å²) in [6.45, 7) is 2.97. The van der Waals surface area contributed by atoms with Gasteiger partial charge in [0.15, 0.2) is 0 Å². The molecule has 0 saturated heterocycles. The molecule has 0 bridgehead atoms. The molecule has 0 spiro atoms. The molecule has 2 nitrogen and oxygen atoms in total. The zero-order chi connectivity index (χ0) is 13.9. The summed E-state index contributed by atoms with van der Waals surface area (Å²) < 4.78 is 16.6. The first-order valence-corrected chi connectivity index (χ1v) is 8.29. The van der Waals surface area contributed by atoms with Crippen LogP contribution in [0.15, 0.2) is 36.0 Å². The number of hydrogen-bond acceptors (Lipinski definition) is 4. The lowest BCUT2D eigenvalue weighted by molar-refractivity contribution is 0.547. The van der Waals surface area contributed by atoms with E-state index in [1.54, 1.807) is 34.9 Å². The maximum absolute atomic E-state index is 14.0. The van der Waals surface area contributed by atoms with Crippen LogP contribution in [-0.2, 0) is 0 Å². The number of thiophene rings is 2. The third kappa shape index (κ3) is 2.61. The maximum atomic E-state index is 14.0. The van der Waals surface area contributed by atoms with Crippen molar-refractivity contribution >= 4 is 32.1 Å². The number of nitrogens with zero attached hydrogens (tertiary/aromatic N) is 1. The van der Waals surface area contributed by atoms with E-state index in [1.165, 1.54) is 15.6 Å². The van der Waals surface area contributed by atoms with E-state index in [9.17, 15) is 4.39 Å². The second kappa shape index (κ2) is 5.99. The van der Waals surface area contributed by atoms with Crippen molar-refractivity contribution in [1.82, 2.24) is 10.3 Å². The van der Waals surface area contributed by atoms with Gasteiger partial charge in [0, 0.05) is 26.0 Å². The second-order valence-corrected chi connectivity index (χ2v) is 6.65. The van der Waals surface area contributed by atoms with Crippen LogP contribution in [0, 0.1) is 5.82 Å². The summed E-state index contributed by atoms with van der Waals surface area (Å²) in [4.78, 5) is 4.99. The van der Waals surface area contributed by atoms with Gasteiger partial charge in [-0.3, -0.25) is 4.98 Å². The predicted molar refractivity (Wildman–Crippen MR) is 84.0 cm³/mol. The summed E-state index contributed by atoms with van der Waals surface area (Å²) in [6.07, 6.45) is 3.95. The van der Waals surface area contributed by atoms with Crippen LogP contribution in [0.4, 0.5) is 4.39 Å². The second-order valence-electron chi connectivity index (χ2n) is 4.58. The third-order valence-corrected chi connectivity index (χ3v) is 5.31.